The number of rotatable bonds is 3. The Hall–Kier alpha value is -1.04. The van der Waals surface area contributed by atoms with Crippen LogP contribution in [0.15, 0.2) is 43.0 Å². The Kier molecular flexibility index (Phi) is 6.80. The van der Waals surface area contributed by atoms with Gasteiger partial charge < -0.3 is 21.5 Å². The summed E-state index contributed by atoms with van der Waals surface area (Å²) >= 11 is 0. The molecule has 0 aliphatic rings. The van der Waals surface area contributed by atoms with Gasteiger partial charge in [-0.3, -0.25) is 0 Å². The summed E-state index contributed by atoms with van der Waals surface area (Å²) in [4.78, 5) is 0. The molecule has 1 nitrogen and oxygen atoms in total. The highest BCUT2D eigenvalue weighted by atomic mass is 79.9. The van der Waals surface area contributed by atoms with Crippen molar-refractivity contribution in [3.8, 4) is 11.8 Å². The second kappa shape index (κ2) is 7.27. The number of benzene rings is 1. The Labute approximate surface area is 109 Å². The van der Waals surface area contributed by atoms with Gasteiger partial charge in [0.25, 0.3) is 0 Å². The molecule has 0 heterocycles. The molecule has 1 aromatic carbocycles. The number of quaternary nitrogens is 1. The summed E-state index contributed by atoms with van der Waals surface area (Å²) in [6.07, 6.45) is 1.93. The van der Waals surface area contributed by atoms with Crippen LogP contribution in [0.5, 0.6) is 0 Å². The maximum atomic E-state index is 3.75. The van der Waals surface area contributed by atoms with Gasteiger partial charge in [0.1, 0.15) is 6.54 Å². The molecule has 0 aliphatic heterocycles. The molecule has 0 radical (unpaired) electrons. The van der Waals surface area contributed by atoms with Crippen molar-refractivity contribution in [3.63, 3.8) is 0 Å². The van der Waals surface area contributed by atoms with Gasteiger partial charge in [0.2, 0.25) is 0 Å². The van der Waals surface area contributed by atoms with E-state index in [4.69, 9.17) is 0 Å². The van der Waals surface area contributed by atoms with Gasteiger partial charge in [-0.15, -0.1) is 0 Å². The Morgan fingerprint density at radius 2 is 1.88 bits per heavy atom. The third-order valence-electron chi connectivity index (χ3n) is 2.14. The molecule has 0 unspecified atom stereocenters. The van der Waals surface area contributed by atoms with E-state index in [0.717, 1.165) is 23.1 Å². The van der Waals surface area contributed by atoms with Crippen LogP contribution >= 0.6 is 0 Å². The zero-order chi connectivity index (χ0) is 11.1. The lowest BCUT2D eigenvalue weighted by Gasteiger charge is -2.25. The van der Waals surface area contributed by atoms with E-state index in [9.17, 15) is 0 Å². The first-order chi connectivity index (χ1) is 7.14. The lowest BCUT2D eigenvalue weighted by molar-refractivity contribution is -0.877. The average molecular weight is 280 g/mol. The summed E-state index contributed by atoms with van der Waals surface area (Å²) in [6, 6.07) is 10.1. The number of hydrogen-bond acceptors (Lipinski definition) is 0. The van der Waals surface area contributed by atoms with E-state index in [2.05, 4.69) is 32.5 Å². The molecule has 0 amide bonds. The minimum Gasteiger partial charge on any atom is -1.00 e. The molecule has 0 N–H and O–H groups in total. The molecule has 0 aliphatic carbocycles. The predicted octanol–water partition coefficient (Wildman–Crippen LogP) is -0.695. The van der Waals surface area contributed by atoms with E-state index >= 15 is 0 Å². The van der Waals surface area contributed by atoms with E-state index in [1.807, 2.05) is 36.4 Å². The van der Waals surface area contributed by atoms with Crippen molar-refractivity contribution in [2.45, 2.75) is 0 Å². The van der Waals surface area contributed by atoms with Crippen LogP contribution in [0.4, 0.5) is 0 Å². The molecule has 86 valence electrons. The monoisotopic (exact) mass is 279 g/mol. The summed E-state index contributed by atoms with van der Waals surface area (Å²) < 4.78 is 0.864. The summed E-state index contributed by atoms with van der Waals surface area (Å²) in [6.45, 7) is 5.54. The van der Waals surface area contributed by atoms with Gasteiger partial charge >= 0.3 is 0 Å². The Balaban J connectivity index is 0.00000225. The average Bonchev–Trinajstić information content (AvgIpc) is 2.19. The third kappa shape index (κ3) is 5.75. The van der Waals surface area contributed by atoms with Crippen LogP contribution in [0, 0.1) is 11.8 Å². The first kappa shape index (κ1) is 15.0. The fraction of sp³-hybridized carbons (Fsp3) is 0.286. The van der Waals surface area contributed by atoms with E-state index in [-0.39, 0.29) is 17.0 Å². The van der Waals surface area contributed by atoms with E-state index in [0.29, 0.717) is 0 Å². The first-order valence-electron chi connectivity index (χ1n) is 5.11. The molecule has 0 saturated heterocycles. The minimum absolute atomic E-state index is 0. The molecule has 0 aromatic heterocycles. The Morgan fingerprint density at radius 3 is 2.44 bits per heavy atom. The van der Waals surface area contributed by atoms with Crippen LogP contribution in [0.1, 0.15) is 5.56 Å². The number of hydrogen-bond donors (Lipinski definition) is 0. The van der Waals surface area contributed by atoms with Crippen molar-refractivity contribution in [2.75, 3.05) is 27.2 Å². The highest BCUT2D eigenvalue weighted by Gasteiger charge is 2.08. The van der Waals surface area contributed by atoms with E-state index < -0.39 is 0 Å². The molecule has 0 saturated carbocycles. The number of likely N-dealkylation sites (N-methyl/N-ethyl adjacent to an activating group) is 1. The highest BCUT2D eigenvalue weighted by molar-refractivity contribution is 5.33. The lowest BCUT2D eigenvalue weighted by Crippen LogP contribution is -3.00. The highest BCUT2D eigenvalue weighted by Crippen LogP contribution is 1.97. The van der Waals surface area contributed by atoms with Crippen LogP contribution in [0.2, 0.25) is 0 Å². The molecule has 16 heavy (non-hydrogen) atoms. The van der Waals surface area contributed by atoms with Gasteiger partial charge in [0, 0.05) is 5.56 Å². The second-order valence-corrected chi connectivity index (χ2v) is 4.23. The number of nitrogens with zero attached hydrogens (tertiary/aromatic N) is 1. The first-order valence-corrected chi connectivity index (χ1v) is 5.11. The van der Waals surface area contributed by atoms with E-state index in [1.165, 1.54) is 0 Å². The third-order valence-corrected chi connectivity index (χ3v) is 2.14. The van der Waals surface area contributed by atoms with Crippen molar-refractivity contribution in [2.24, 2.45) is 0 Å². The van der Waals surface area contributed by atoms with Crippen molar-refractivity contribution in [3.05, 3.63) is 48.6 Å². The van der Waals surface area contributed by atoms with Crippen LogP contribution in [0.25, 0.3) is 0 Å². The van der Waals surface area contributed by atoms with Crippen molar-refractivity contribution in [1.82, 2.24) is 0 Å². The minimum atomic E-state index is 0. The SMILES string of the molecule is C=CC[N+](C)(C)CC#Cc1ccccc1.[Br-]. The van der Waals surface area contributed by atoms with E-state index in [1.54, 1.807) is 0 Å². The van der Waals surface area contributed by atoms with Crippen LogP contribution in [-0.4, -0.2) is 31.7 Å². The van der Waals surface area contributed by atoms with Gasteiger partial charge in [-0.2, -0.15) is 0 Å². The second-order valence-electron chi connectivity index (χ2n) is 4.23. The largest absolute Gasteiger partial charge is 1.00 e. The summed E-state index contributed by atoms with van der Waals surface area (Å²) in [7, 11) is 4.31. The summed E-state index contributed by atoms with van der Waals surface area (Å²) in [5.41, 5.74) is 1.08. The molecular formula is C14H18BrN. The molecule has 2 heteroatoms. The van der Waals surface area contributed by atoms with Crippen molar-refractivity contribution >= 4 is 0 Å². The van der Waals surface area contributed by atoms with Gasteiger partial charge in [-0.1, -0.05) is 30.7 Å². The predicted molar refractivity (Wildman–Crippen MR) is 65.4 cm³/mol. The zero-order valence-electron chi connectivity index (χ0n) is 9.91. The van der Waals surface area contributed by atoms with Gasteiger partial charge in [0.15, 0.2) is 0 Å². The normalized spacial score (nSPS) is 9.62. The molecule has 1 rings (SSSR count). The van der Waals surface area contributed by atoms with Crippen LogP contribution in [-0.2, 0) is 0 Å². The smallest absolute Gasteiger partial charge is 0.141 e. The zero-order valence-corrected chi connectivity index (χ0v) is 11.5. The molecule has 0 fully saturated rings. The summed E-state index contributed by atoms with van der Waals surface area (Å²) in [5, 5.41) is 0. The quantitative estimate of drug-likeness (QED) is 0.390. The fourth-order valence-corrected chi connectivity index (χ4v) is 1.29. The standard InChI is InChI=1S/C14H18N.BrH/c1-4-12-15(2,3)13-8-11-14-9-6-5-7-10-14;/h4-7,9-10H,1,12-13H2,2-3H3;1H/q+1;/p-1. The van der Waals surface area contributed by atoms with Crippen molar-refractivity contribution < 1.29 is 21.5 Å². The molecule has 0 atom stereocenters. The Morgan fingerprint density at radius 1 is 1.25 bits per heavy atom. The van der Waals surface area contributed by atoms with Gasteiger partial charge in [0.05, 0.1) is 20.6 Å². The molecule has 0 bridgehead atoms. The Bertz CT molecular complexity index is 371. The van der Waals surface area contributed by atoms with Crippen LogP contribution < -0.4 is 17.0 Å². The maximum absolute atomic E-state index is 3.75. The lowest BCUT2D eigenvalue weighted by atomic mass is 10.2. The molecular weight excluding hydrogens is 262 g/mol. The fourth-order valence-electron chi connectivity index (χ4n) is 1.29. The maximum Gasteiger partial charge on any atom is 0.141 e. The van der Waals surface area contributed by atoms with Gasteiger partial charge in [-0.05, 0) is 24.1 Å². The summed E-state index contributed by atoms with van der Waals surface area (Å²) in [5.74, 6) is 6.36. The van der Waals surface area contributed by atoms with Crippen molar-refractivity contribution in [1.29, 1.82) is 0 Å². The molecule has 0 spiro atoms. The molecule has 1 aromatic rings. The van der Waals surface area contributed by atoms with Gasteiger partial charge in [-0.25, -0.2) is 0 Å². The topological polar surface area (TPSA) is 0 Å². The number of halogens is 1. The van der Waals surface area contributed by atoms with Crippen LogP contribution in [0.3, 0.4) is 0 Å².